The summed E-state index contributed by atoms with van der Waals surface area (Å²) in [5.74, 6) is -0.744. The zero-order valence-corrected chi connectivity index (χ0v) is 20.8. The van der Waals surface area contributed by atoms with Gasteiger partial charge >= 0.3 is 11.9 Å². The molecule has 1 saturated heterocycles. The molecule has 2 aliphatic rings. The van der Waals surface area contributed by atoms with Gasteiger partial charge in [-0.05, 0) is 36.1 Å². The predicted molar refractivity (Wildman–Crippen MR) is 132 cm³/mol. The van der Waals surface area contributed by atoms with E-state index < -0.39 is 17.9 Å². The monoisotopic (exact) mass is 493 g/mol. The second-order valence-corrected chi connectivity index (χ2v) is 8.60. The van der Waals surface area contributed by atoms with Gasteiger partial charge in [-0.1, -0.05) is 36.4 Å². The third-order valence-corrected chi connectivity index (χ3v) is 6.27. The Bertz CT molecular complexity index is 1100. The number of carbonyl (C=O) groups excluding carboxylic acids is 2. The van der Waals surface area contributed by atoms with E-state index in [4.69, 9.17) is 23.7 Å². The number of hydrogen-bond donors (Lipinski definition) is 0. The molecule has 1 fully saturated rings. The van der Waals surface area contributed by atoms with Crippen LogP contribution in [0.15, 0.2) is 72.1 Å². The number of ether oxygens (including phenoxy) is 5. The van der Waals surface area contributed by atoms with Crippen LogP contribution in [0.3, 0.4) is 0 Å². The fraction of sp³-hybridized carbons (Fsp3) is 0.357. The lowest BCUT2D eigenvalue weighted by Gasteiger charge is -2.31. The zero-order chi connectivity index (χ0) is 25.5. The molecule has 2 heterocycles. The van der Waals surface area contributed by atoms with Gasteiger partial charge in [0.25, 0.3) is 0 Å². The van der Waals surface area contributed by atoms with Gasteiger partial charge in [0.1, 0.15) is 6.61 Å². The first-order chi connectivity index (χ1) is 17.5. The minimum absolute atomic E-state index is 0.0193. The maximum atomic E-state index is 12.9. The predicted octanol–water partition coefficient (Wildman–Crippen LogP) is 3.97. The van der Waals surface area contributed by atoms with Crippen LogP contribution in [-0.2, 0) is 30.4 Å². The van der Waals surface area contributed by atoms with Crippen molar-refractivity contribution in [2.24, 2.45) is 0 Å². The number of esters is 2. The van der Waals surface area contributed by atoms with Gasteiger partial charge < -0.3 is 28.6 Å². The van der Waals surface area contributed by atoms with Crippen LogP contribution in [0.1, 0.15) is 29.9 Å². The van der Waals surface area contributed by atoms with E-state index in [1.165, 1.54) is 14.2 Å². The van der Waals surface area contributed by atoms with E-state index in [0.717, 1.165) is 18.4 Å². The van der Waals surface area contributed by atoms with E-state index in [-0.39, 0.29) is 6.10 Å². The van der Waals surface area contributed by atoms with Gasteiger partial charge in [-0.3, -0.25) is 0 Å². The van der Waals surface area contributed by atoms with E-state index in [9.17, 15) is 9.59 Å². The molecule has 0 aromatic heterocycles. The summed E-state index contributed by atoms with van der Waals surface area (Å²) in [5, 5.41) is 0. The van der Waals surface area contributed by atoms with Crippen molar-refractivity contribution in [1.29, 1.82) is 0 Å². The number of nitrogens with zero attached hydrogens (tertiary/aromatic N) is 1. The summed E-state index contributed by atoms with van der Waals surface area (Å²) in [6, 6.07) is 15.1. The fourth-order valence-electron chi connectivity index (χ4n) is 4.50. The van der Waals surface area contributed by atoms with Crippen molar-refractivity contribution in [2.75, 3.05) is 34.5 Å². The van der Waals surface area contributed by atoms with Crippen LogP contribution >= 0.6 is 0 Å². The van der Waals surface area contributed by atoms with E-state index in [0.29, 0.717) is 48.0 Å². The van der Waals surface area contributed by atoms with Crippen molar-refractivity contribution in [3.8, 4) is 11.5 Å². The SMILES string of the molecule is COC(=O)C1=CN(C[C@H]2CCCO2)C=C(C(=O)OC)C1c1ccc(OC)c(OCc2ccccc2)c1. The molecular weight excluding hydrogens is 462 g/mol. The lowest BCUT2D eigenvalue weighted by molar-refractivity contribution is -0.137. The minimum atomic E-state index is -0.712. The Morgan fingerprint density at radius 3 is 2.22 bits per heavy atom. The molecule has 0 spiro atoms. The fourth-order valence-corrected chi connectivity index (χ4v) is 4.50. The van der Waals surface area contributed by atoms with Crippen molar-refractivity contribution < 1.29 is 33.3 Å². The van der Waals surface area contributed by atoms with Crippen molar-refractivity contribution in [3.05, 3.63) is 83.2 Å². The molecule has 0 radical (unpaired) electrons. The van der Waals surface area contributed by atoms with Crippen LogP contribution in [0.25, 0.3) is 0 Å². The molecule has 0 bridgehead atoms. The number of rotatable bonds is 9. The van der Waals surface area contributed by atoms with Crippen molar-refractivity contribution in [2.45, 2.75) is 31.5 Å². The van der Waals surface area contributed by atoms with Crippen molar-refractivity contribution in [1.82, 2.24) is 4.90 Å². The quantitative estimate of drug-likeness (QED) is 0.486. The Balaban J connectivity index is 1.71. The van der Waals surface area contributed by atoms with Crippen LogP contribution in [-0.4, -0.2) is 57.4 Å². The number of benzene rings is 2. The van der Waals surface area contributed by atoms with Gasteiger partial charge in [-0.15, -0.1) is 0 Å². The van der Waals surface area contributed by atoms with Crippen molar-refractivity contribution in [3.63, 3.8) is 0 Å². The number of hydrogen-bond acceptors (Lipinski definition) is 8. The molecule has 0 aliphatic carbocycles. The maximum absolute atomic E-state index is 12.9. The smallest absolute Gasteiger partial charge is 0.336 e. The summed E-state index contributed by atoms with van der Waals surface area (Å²) >= 11 is 0. The first-order valence-corrected chi connectivity index (χ1v) is 11.9. The summed E-state index contributed by atoms with van der Waals surface area (Å²) in [4.78, 5) is 27.7. The topological polar surface area (TPSA) is 83.5 Å². The molecule has 8 nitrogen and oxygen atoms in total. The summed E-state index contributed by atoms with van der Waals surface area (Å²) in [6.45, 7) is 1.56. The summed E-state index contributed by atoms with van der Waals surface area (Å²) in [7, 11) is 4.21. The molecule has 1 atom stereocenters. The first kappa shape index (κ1) is 25.3. The lowest BCUT2D eigenvalue weighted by Crippen LogP contribution is -2.32. The highest BCUT2D eigenvalue weighted by molar-refractivity contribution is 5.98. The average molecular weight is 494 g/mol. The molecule has 8 heteroatoms. The average Bonchev–Trinajstić information content (AvgIpc) is 3.44. The molecule has 2 aromatic rings. The number of carbonyl (C=O) groups is 2. The Kier molecular flexibility index (Phi) is 8.28. The zero-order valence-electron chi connectivity index (χ0n) is 20.8. The minimum Gasteiger partial charge on any atom is -0.493 e. The normalized spacial score (nSPS) is 17.8. The van der Waals surface area contributed by atoms with Crippen LogP contribution in [0.5, 0.6) is 11.5 Å². The molecule has 0 N–H and O–H groups in total. The third kappa shape index (κ3) is 5.71. The summed E-state index contributed by atoms with van der Waals surface area (Å²) in [5.41, 5.74) is 2.30. The standard InChI is InChI=1S/C28H31NO7/c1-32-24-12-11-20(14-25(24)36-18-19-8-5-4-6-9-19)26-22(27(30)33-2)16-29(15-21-10-7-13-35-21)17-23(26)28(31)34-3/h4-6,8-9,11-12,14,16-17,21,26H,7,10,13,15,18H2,1-3H3/t21-/m1/s1. The van der Waals surface area contributed by atoms with Crippen LogP contribution in [0.2, 0.25) is 0 Å². The molecule has 36 heavy (non-hydrogen) atoms. The van der Waals surface area contributed by atoms with Gasteiger partial charge in [0, 0.05) is 25.6 Å². The highest BCUT2D eigenvalue weighted by Gasteiger charge is 2.36. The number of methoxy groups -OCH3 is 3. The van der Waals surface area contributed by atoms with E-state index in [1.807, 2.05) is 36.4 Å². The largest absolute Gasteiger partial charge is 0.493 e. The van der Waals surface area contributed by atoms with Crippen LogP contribution in [0, 0.1) is 0 Å². The summed E-state index contributed by atoms with van der Waals surface area (Å²) < 4.78 is 27.5. The van der Waals surface area contributed by atoms with E-state index >= 15 is 0 Å². The van der Waals surface area contributed by atoms with E-state index in [2.05, 4.69) is 0 Å². The van der Waals surface area contributed by atoms with Crippen LogP contribution in [0.4, 0.5) is 0 Å². The van der Waals surface area contributed by atoms with Crippen LogP contribution < -0.4 is 9.47 Å². The van der Waals surface area contributed by atoms with E-state index in [1.54, 1.807) is 36.5 Å². The second kappa shape index (κ2) is 11.8. The molecule has 4 rings (SSSR count). The molecular formula is C28H31NO7. The van der Waals surface area contributed by atoms with Gasteiger partial charge in [0.15, 0.2) is 11.5 Å². The highest BCUT2D eigenvalue weighted by Crippen LogP contribution is 2.40. The first-order valence-electron chi connectivity index (χ1n) is 11.9. The molecule has 0 saturated carbocycles. The van der Waals surface area contributed by atoms with Crippen molar-refractivity contribution >= 4 is 11.9 Å². The molecule has 0 amide bonds. The Morgan fingerprint density at radius 1 is 0.944 bits per heavy atom. The lowest BCUT2D eigenvalue weighted by atomic mass is 9.83. The maximum Gasteiger partial charge on any atom is 0.336 e. The van der Waals surface area contributed by atoms with Gasteiger partial charge in [-0.2, -0.15) is 0 Å². The molecule has 2 aromatic carbocycles. The summed E-state index contributed by atoms with van der Waals surface area (Å²) in [6.07, 6.45) is 5.37. The highest BCUT2D eigenvalue weighted by atomic mass is 16.5. The third-order valence-electron chi connectivity index (χ3n) is 6.27. The molecule has 0 unspecified atom stereocenters. The van der Waals surface area contributed by atoms with Gasteiger partial charge in [0.05, 0.1) is 44.5 Å². The molecule has 190 valence electrons. The Hall–Kier alpha value is -3.78. The second-order valence-electron chi connectivity index (χ2n) is 8.60. The van der Waals surface area contributed by atoms with Gasteiger partial charge in [0.2, 0.25) is 0 Å². The van der Waals surface area contributed by atoms with Gasteiger partial charge in [-0.25, -0.2) is 9.59 Å². The Labute approximate surface area is 211 Å². The Morgan fingerprint density at radius 2 is 1.64 bits per heavy atom. The molecule has 2 aliphatic heterocycles.